The predicted octanol–water partition coefficient (Wildman–Crippen LogP) is 5.93. The Kier molecular flexibility index (Phi) is 6.21. The molecule has 6 nitrogen and oxygen atoms in total. The summed E-state index contributed by atoms with van der Waals surface area (Å²) < 4.78 is 0. The fourth-order valence-electron chi connectivity index (χ4n) is 4.23. The molecule has 1 aromatic heterocycles. The van der Waals surface area contributed by atoms with E-state index in [-0.39, 0.29) is 5.91 Å². The largest absolute Gasteiger partial charge is 0.369 e. The standard InChI is InChI=1S/C26H25Cl2N5O/c1-16-15-33(12-11-32(16)2)18-8-9-19(22(28)14-18)26(34)29-17-7-10-21(27)20(13-17)25-30-23-5-3-4-6-24(23)31-25/h3-10,13-14,16H,11-12,15H2,1-2H3,(H,29,34)(H,30,31). The van der Waals surface area contributed by atoms with Crippen LogP contribution in [-0.4, -0.2) is 53.5 Å². The second-order valence-corrected chi connectivity index (χ2v) is 9.51. The summed E-state index contributed by atoms with van der Waals surface area (Å²) >= 11 is 13.0. The molecule has 0 spiro atoms. The number of nitrogens with one attached hydrogen (secondary N) is 2. The highest BCUT2D eigenvalue weighted by atomic mass is 35.5. The first kappa shape index (κ1) is 22.7. The van der Waals surface area contributed by atoms with Gasteiger partial charge in [0, 0.05) is 42.6 Å². The SMILES string of the molecule is CC1CN(c2ccc(C(=O)Nc3ccc(Cl)c(-c4nc5ccccc5[nH]4)c3)c(Cl)c2)CCN1C. The van der Waals surface area contributed by atoms with Crippen LogP contribution >= 0.6 is 23.2 Å². The van der Waals surface area contributed by atoms with Gasteiger partial charge in [0.1, 0.15) is 5.82 Å². The maximum Gasteiger partial charge on any atom is 0.257 e. The fourth-order valence-corrected chi connectivity index (χ4v) is 4.70. The number of amides is 1. The smallest absolute Gasteiger partial charge is 0.257 e. The Hall–Kier alpha value is -3.06. The van der Waals surface area contributed by atoms with Gasteiger partial charge >= 0.3 is 0 Å². The molecular formula is C26H25Cl2N5O. The Bertz CT molecular complexity index is 1340. The van der Waals surface area contributed by atoms with Crippen molar-refractivity contribution in [2.24, 2.45) is 0 Å². The van der Waals surface area contributed by atoms with E-state index in [0.717, 1.165) is 36.4 Å². The highest BCUT2D eigenvalue weighted by Gasteiger charge is 2.22. The van der Waals surface area contributed by atoms with Gasteiger partial charge < -0.3 is 20.1 Å². The summed E-state index contributed by atoms with van der Waals surface area (Å²) in [7, 11) is 2.14. The number of imidazole rings is 1. The number of hydrogen-bond acceptors (Lipinski definition) is 4. The van der Waals surface area contributed by atoms with Crippen LogP contribution in [0, 0.1) is 0 Å². The Morgan fingerprint density at radius 2 is 1.88 bits per heavy atom. The van der Waals surface area contributed by atoms with Crippen molar-refractivity contribution in [1.82, 2.24) is 14.9 Å². The number of piperazine rings is 1. The Morgan fingerprint density at radius 3 is 2.65 bits per heavy atom. The summed E-state index contributed by atoms with van der Waals surface area (Å²) in [5, 5.41) is 3.90. The lowest BCUT2D eigenvalue weighted by molar-refractivity contribution is 0.102. The molecule has 2 N–H and O–H groups in total. The first-order valence-electron chi connectivity index (χ1n) is 11.2. The summed E-state index contributed by atoms with van der Waals surface area (Å²) in [5.41, 5.74) is 4.54. The molecule has 0 saturated carbocycles. The molecule has 1 aliphatic rings. The number of anilines is 2. The molecule has 1 unspecified atom stereocenters. The van der Waals surface area contributed by atoms with Gasteiger partial charge in [-0.05, 0) is 62.5 Å². The Labute approximate surface area is 208 Å². The van der Waals surface area contributed by atoms with Crippen LogP contribution in [0.2, 0.25) is 10.0 Å². The van der Waals surface area contributed by atoms with Crippen molar-refractivity contribution in [3.8, 4) is 11.4 Å². The van der Waals surface area contributed by atoms with Crippen molar-refractivity contribution in [3.05, 3.63) is 76.3 Å². The highest BCUT2D eigenvalue weighted by molar-refractivity contribution is 6.35. The third-order valence-corrected chi connectivity index (χ3v) is 7.03. The van der Waals surface area contributed by atoms with Crippen molar-refractivity contribution in [1.29, 1.82) is 0 Å². The van der Waals surface area contributed by atoms with Crippen molar-refractivity contribution < 1.29 is 4.79 Å². The van der Waals surface area contributed by atoms with Crippen molar-refractivity contribution in [3.63, 3.8) is 0 Å². The van der Waals surface area contributed by atoms with Gasteiger partial charge in [0.05, 0.1) is 26.6 Å². The van der Waals surface area contributed by atoms with Crippen LogP contribution in [0.1, 0.15) is 17.3 Å². The zero-order valence-electron chi connectivity index (χ0n) is 19.0. The lowest BCUT2D eigenvalue weighted by atomic mass is 10.1. The zero-order chi connectivity index (χ0) is 23.8. The summed E-state index contributed by atoms with van der Waals surface area (Å²) in [4.78, 5) is 25.6. The number of benzene rings is 3. The van der Waals surface area contributed by atoms with E-state index in [4.69, 9.17) is 23.2 Å². The van der Waals surface area contributed by atoms with Gasteiger partial charge in [0.15, 0.2) is 0 Å². The molecule has 0 aliphatic carbocycles. The molecule has 34 heavy (non-hydrogen) atoms. The predicted molar refractivity (Wildman–Crippen MR) is 140 cm³/mol. The molecule has 1 atom stereocenters. The number of nitrogens with zero attached hydrogens (tertiary/aromatic N) is 3. The van der Waals surface area contributed by atoms with Crippen molar-refractivity contribution in [2.75, 3.05) is 36.9 Å². The number of para-hydroxylation sites is 2. The number of aromatic amines is 1. The van der Waals surface area contributed by atoms with E-state index in [1.807, 2.05) is 42.5 Å². The van der Waals surface area contributed by atoms with E-state index < -0.39 is 0 Å². The van der Waals surface area contributed by atoms with Crippen molar-refractivity contribution in [2.45, 2.75) is 13.0 Å². The summed E-state index contributed by atoms with van der Waals surface area (Å²) in [6.45, 7) is 5.05. The number of halogens is 2. The minimum absolute atomic E-state index is 0.277. The van der Waals surface area contributed by atoms with E-state index in [9.17, 15) is 4.79 Å². The van der Waals surface area contributed by atoms with Crippen molar-refractivity contribution >= 4 is 51.5 Å². The van der Waals surface area contributed by atoms with Crippen LogP contribution in [-0.2, 0) is 0 Å². The van der Waals surface area contributed by atoms with E-state index in [2.05, 4.69) is 39.1 Å². The lowest BCUT2D eigenvalue weighted by Crippen LogP contribution is -2.50. The van der Waals surface area contributed by atoms with Crippen LogP contribution in [0.25, 0.3) is 22.4 Å². The quantitative estimate of drug-likeness (QED) is 0.369. The molecule has 5 rings (SSSR count). The number of carbonyl (C=O) groups excluding carboxylic acids is 1. The first-order chi connectivity index (χ1) is 16.4. The molecule has 1 saturated heterocycles. The van der Waals surface area contributed by atoms with Crippen LogP contribution in [0.3, 0.4) is 0 Å². The zero-order valence-corrected chi connectivity index (χ0v) is 20.5. The molecule has 4 aromatic rings. The molecule has 1 amide bonds. The molecule has 8 heteroatoms. The molecular weight excluding hydrogens is 469 g/mol. The first-order valence-corrected chi connectivity index (χ1v) is 12.0. The van der Waals surface area contributed by atoms with Gasteiger partial charge in [-0.2, -0.15) is 0 Å². The second kappa shape index (κ2) is 9.29. The number of H-pyrrole nitrogens is 1. The maximum absolute atomic E-state index is 13.0. The average Bonchev–Trinajstić information content (AvgIpc) is 3.26. The number of aromatic nitrogens is 2. The second-order valence-electron chi connectivity index (χ2n) is 8.69. The lowest BCUT2D eigenvalue weighted by Gasteiger charge is -2.39. The number of fused-ring (bicyclic) bond motifs is 1. The number of carbonyl (C=O) groups is 1. The van der Waals surface area contributed by atoms with Crippen LogP contribution in [0.5, 0.6) is 0 Å². The number of rotatable bonds is 4. The number of hydrogen-bond donors (Lipinski definition) is 2. The van der Waals surface area contributed by atoms with Gasteiger partial charge in [-0.1, -0.05) is 35.3 Å². The van der Waals surface area contributed by atoms with Gasteiger partial charge in [0.25, 0.3) is 5.91 Å². The monoisotopic (exact) mass is 493 g/mol. The highest BCUT2D eigenvalue weighted by Crippen LogP contribution is 2.31. The van der Waals surface area contributed by atoms with Crippen LogP contribution < -0.4 is 10.2 Å². The molecule has 2 heterocycles. The molecule has 3 aromatic carbocycles. The third kappa shape index (κ3) is 4.49. The molecule has 1 fully saturated rings. The van der Waals surface area contributed by atoms with Gasteiger partial charge in [-0.25, -0.2) is 4.98 Å². The Balaban J connectivity index is 1.36. The maximum atomic E-state index is 13.0. The van der Waals surface area contributed by atoms with Crippen LogP contribution in [0.15, 0.2) is 60.7 Å². The normalized spacial score (nSPS) is 16.7. The van der Waals surface area contributed by atoms with E-state index in [0.29, 0.717) is 38.7 Å². The van der Waals surface area contributed by atoms with E-state index >= 15 is 0 Å². The fraction of sp³-hybridized carbons (Fsp3) is 0.231. The van der Waals surface area contributed by atoms with E-state index in [1.54, 1.807) is 18.2 Å². The summed E-state index contributed by atoms with van der Waals surface area (Å²) in [6, 6.07) is 19.2. The third-order valence-electron chi connectivity index (χ3n) is 6.39. The molecule has 0 radical (unpaired) electrons. The van der Waals surface area contributed by atoms with Gasteiger partial charge in [-0.3, -0.25) is 4.79 Å². The van der Waals surface area contributed by atoms with Gasteiger partial charge in [0.2, 0.25) is 0 Å². The molecule has 0 bridgehead atoms. The minimum Gasteiger partial charge on any atom is -0.369 e. The summed E-state index contributed by atoms with van der Waals surface area (Å²) in [6.07, 6.45) is 0. The Morgan fingerprint density at radius 1 is 1.06 bits per heavy atom. The van der Waals surface area contributed by atoms with E-state index in [1.165, 1.54) is 0 Å². The average molecular weight is 494 g/mol. The molecule has 174 valence electrons. The van der Waals surface area contributed by atoms with Crippen LogP contribution in [0.4, 0.5) is 11.4 Å². The minimum atomic E-state index is -0.277. The van der Waals surface area contributed by atoms with Gasteiger partial charge in [-0.15, -0.1) is 0 Å². The topological polar surface area (TPSA) is 64.3 Å². The molecule has 1 aliphatic heterocycles. The summed E-state index contributed by atoms with van der Waals surface area (Å²) in [5.74, 6) is 0.368. The number of likely N-dealkylation sites (N-methyl/N-ethyl adjacent to an activating group) is 1.